The molecule has 2 N–H and O–H groups in total. The fraction of sp³-hybridized carbons (Fsp3) is 0. The van der Waals surface area contributed by atoms with E-state index in [-0.39, 0.29) is 11.1 Å². The van der Waals surface area contributed by atoms with Crippen LogP contribution in [-0.2, 0) is 4.79 Å². The molecule has 0 bridgehead atoms. The molecular weight excluding hydrogens is 296 g/mol. The lowest BCUT2D eigenvalue weighted by molar-refractivity contribution is -0.112. The first kappa shape index (κ1) is 15.8. The van der Waals surface area contributed by atoms with Crippen molar-refractivity contribution in [1.29, 1.82) is 5.26 Å². The molecule has 23 heavy (non-hydrogen) atoms. The van der Waals surface area contributed by atoms with Gasteiger partial charge in [-0.15, -0.1) is 0 Å². The first-order chi connectivity index (χ1) is 11.1. The highest BCUT2D eigenvalue weighted by atomic mass is 16.4. The van der Waals surface area contributed by atoms with E-state index in [1.54, 1.807) is 24.3 Å². The number of carbonyl (C=O) groups is 2. The number of hydrogen-bond acceptors (Lipinski definition) is 4. The number of nitrogens with zero attached hydrogens (tertiary/aromatic N) is 1. The standard InChI is InChI=1S/C17H12N2O4/c18-11-13(3-1-4-15-5-2-10-23-15)16(20)19-14-8-6-12(7-9-14)17(21)22/h1-10H,(H,19,20)(H,21,22). The van der Waals surface area contributed by atoms with Crippen LogP contribution in [0.5, 0.6) is 0 Å². The van der Waals surface area contributed by atoms with Crippen molar-refractivity contribution in [2.45, 2.75) is 0 Å². The van der Waals surface area contributed by atoms with Gasteiger partial charge >= 0.3 is 5.97 Å². The third-order valence-electron chi connectivity index (χ3n) is 2.82. The van der Waals surface area contributed by atoms with E-state index in [2.05, 4.69) is 5.32 Å². The fourth-order valence-corrected chi connectivity index (χ4v) is 1.68. The molecule has 0 aliphatic rings. The zero-order valence-electron chi connectivity index (χ0n) is 11.9. The Morgan fingerprint density at radius 2 is 1.96 bits per heavy atom. The number of allylic oxidation sites excluding steroid dienone is 2. The monoisotopic (exact) mass is 308 g/mol. The highest BCUT2D eigenvalue weighted by molar-refractivity contribution is 6.07. The number of hydrogen-bond donors (Lipinski definition) is 2. The second-order valence-electron chi connectivity index (χ2n) is 4.40. The van der Waals surface area contributed by atoms with Crippen LogP contribution in [0, 0.1) is 11.3 Å². The molecule has 2 aromatic rings. The summed E-state index contributed by atoms with van der Waals surface area (Å²) in [4.78, 5) is 22.7. The second kappa shape index (κ2) is 7.43. The van der Waals surface area contributed by atoms with Crippen LogP contribution < -0.4 is 5.32 Å². The van der Waals surface area contributed by atoms with Crippen LogP contribution in [-0.4, -0.2) is 17.0 Å². The first-order valence-corrected chi connectivity index (χ1v) is 6.57. The lowest BCUT2D eigenvalue weighted by Gasteiger charge is -2.04. The summed E-state index contributed by atoms with van der Waals surface area (Å²) in [5.74, 6) is -1.04. The van der Waals surface area contributed by atoms with Gasteiger partial charge in [0.15, 0.2) is 0 Å². The van der Waals surface area contributed by atoms with Gasteiger partial charge in [0.05, 0.1) is 11.8 Å². The molecule has 1 aromatic carbocycles. The number of rotatable bonds is 5. The third-order valence-corrected chi connectivity index (χ3v) is 2.82. The largest absolute Gasteiger partial charge is 0.478 e. The number of amides is 1. The van der Waals surface area contributed by atoms with E-state index in [0.29, 0.717) is 11.4 Å². The lowest BCUT2D eigenvalue weighted by atomic mass is 10.2. The van der Waals surface area contributed by atoms with Gasteiger partial charge in [-0.25, -0.2) is 4.79 Å². The fourth-order valence-electron chi connectivity index (χ4n) is 1.68. The summed E-state index contributed by atoms with van der Waals surface area (Å²) in [6, 6.07) is 10.9. The summed E-state index contributed by atoms with van der Waals surface area (Å²) in [7, 11) is 0. The Kier molecular flexibility index (Phi) is 5.10. The molecule has 0 atom stereocenters. The van der Waals surface area contributed by atoms with Gasteiger partial charge in [0.1, 0.15) is 17.4 Å². The van der Waals surface area contributed by atoms with E-state index in [0.717, 1.165) is 0 Å². The molecule has 6 heteroatoms. The Morgan fingerprint density at radius 3 is 2.52 bits per heavy atom. The van der Waals surface area contributed by atoms with Crippen molar-refractivity contribution in [3.8, 4) is 6.07 Å². The summed E-state index contributed by atoms with van der Waals surface area (Å²) >= 11 is 0. The average molecular weight is 308 g/mol. The summed E-state index contributed by atoms with van der Waals surface area (Å²) in [5, 5.41) is 20.4. The molecule has 0 aliphatic carbocycles. The molecule has 1 aromatic heterocycles. The minimum absolute atomic E-state index is 0.0879. The predicted octanol–water partition coefficient (Wildman–Crippen LogP) is 3.08. The minimum Gasteiger partial charge on any atom is -0.478 e. The van der Waals surface area contributed by atoms with Gasteiger partial charge in [-0.05, 0) is 48.6 Å². The number of anilines is 1. The number of nitriles is 1. The van der Waals surface area contributed by atoms with Crippen molar-refractivity contribution >= 4 is 23.6 Å². The number of carboxylic acid groups (broad SMARTS) is 1. The molecule has 1 amide bonds. The molecule has 0 saturated heterocycles. The van der Waals surface area contributed by atoms with Gasteiger partial charge in [-0.2, -0.15) is 5.26 Å². The summed E-state index contributed by atoms with van der Waals surface area (Å²) in [6.45, 7) is 0. The second-order valence-corrected chi connectivity index (χ2v) is 4.40. The van der Waals surface area contributed by atoms with E-state index < -0.39 is 11.9 Å². The SMILES string of the molecule is N#CC(=CC=Cc1ccco1)C(=O)Nc1ccc(C(=O)O)cc1. The van der Waals surface area contributed by atoms with Gasteiger partial charge < -0.3 is 14.8 Å². The molecule has 0 aliphatic heterocycles. The maximum atomic E-state index is 12.0. The van der Waals surface area contributed by atoms with E-state index in [1.807, 2.05) is 0 Å². The Balaban J connectivity index is 2.05. The van der Waals surface area contributed by atoms with E-state index in [1.165, 1.54) is 42.7 Å². The van der Waals surface area contributed by atoms with Crippen LogP contribution in [0.3, 0.4) is 0 Å². The lowest BCUT2D eigenvalue weighted by Crippen LogP contribution is -2.13. The molecular formula is C17H12N2O4. The number of carboxylic acids is 1. The van der Waals surface area contributed by atoms with Crippen molar-refractivity contribution in [3.63, 3.8) is 0 Å². The summed E-state index contributed by atoms with van der Waals surface area (Å²) < 4.78 is 5.09. The molecule has 0 spiro atoms. The van der Waals surface area contributed by atoms with Crippen LogP contribution in [0.25, 0.3) is 6.08 Å². The average Bonchev–Trinajstić information content (AvgIpc) is 3.05. The highest BCUT2D eigenvalue weighted by Gasteiger charge is 2.09. The summed E-state index contributed by atoms with van der Waals surface area (Å²) in [5.41, 5.74) is 0.423. The third kappa shape index (κ3) is 4.44. The van der Waals surface area contributed by atoms with Gasteiger partial charge in [-0.3, -0.25) is 4.79 Å². The van der Waals surface area contributed by atoms with Crippen molar-refractivity contribution in [2.75, 3.05) is 5.32 Å². The van der Waals surface area contributed by atoms with Gasteiger partial charge in [0.25, 0.3) is 5.91 Å². The van der Waals surface area contributed by atoms with Crippen molar-refractivity contribution in [3.05, 3.63) is 71.7 Å². The van der Waals surface area contributed by atoms with Gasteiger partial charge in [-0.1, -0.05) is 6.08 Å². The van der Waals surface area contributed by atoms with Crippen molar-refractivity contribution in [1.82, 2.24) is 0 Å². The molecule has 114 valence electrons. The summed E-state index contributed by atoms with van der Waals surface area (Å²) in [6.07, 6.45) is 6.03. The Morgan fingerprint density at radius 1 is 1.22 bits per heavy atom. The van der Waals surface area contributed by atoms with Crippen molar-refractivity contribution < 1.29 is 19.1 Å². The predicted molar refractivity (Wildman–Crippen MR) is 83.5 cm³/mol. The Bertz CT molecular complexity index is 794. The van der Waals surface area contributed by atoms with Crippen LogP contribution in [0.4, 0.5) is 5.69 Å². The smallest absolute Gasteiger partial charge is 0.335 e. The highest BCUT2D eigenvalue weighted by Crippen LogP contribution is 2.11. The number of carbonyl (C=O) groups excluding carboxylic acids is 1. The van der Waals surface area contributed by atoms with Crippen LogP contribution in [0.1, 0.15) is 16.1 Å². The molecule has 1 heterocycles. The molecule has 0 radical (unpaired) electrons. The first-order valence-electron chi connectivity index (χ1n) is 6.57. The van der Waals surface area contributed by atoms with Gasteiger partial charge in [0, 0.05) is 5.69 Å². The number of furan rings is 1. The Labute approximate surface area is 132 Å². The topological polar surface area (TPSA) is 103 Å². The normalized spacial score (nSPS) is 11.2. The van der Waals surface area contributed by atoms with Crippen LogP contribution >= 0.6 is 0 Å². The van der Waals surface area contributed by atoms with Crippen LogP contribution in [0.2, 0.25) is 0 Å². The zero-order valence-corrected chi connectivity index (χ0v) is 11.9. The maximum Gasteiger partial charge on any atom is 0.335 e. The quantitative estimate of drug-likeness (QED) is 0.502. The van der Waals surface area contributed by atoms with E-state index in [9.17, 15) is 9.59 Å². The number of aromatic carboxylic acids is 1. The number of benzene rings is 1. The minimum atomic E-state index is -1.05. The maximum absolute atomic E-state index is 12.0. The molecule has 6 nitrogen and oxygen atoms in total. The van der Waals surface area contributed by atoms with Crippen LogP contribution in [0.15, 0.2) is 64.8 Å². The molecule has 0 saturated carbocycles. The van der Waals surface area contributed by atoms with E-state index in [4.69, 9.17) is 14.8 Å². The molecule has 0 fully saturated rings. The van der Waals surface area contributed by atoms with E-state index >= 15 is 0 Å². The molecule has 0 unspecified atom stereocenters. The zero-order chi connectivity index (χ0) is 16.7. The number of nitrogens with one attached hydrogen (secondary N) is 1. The van der Waals surface area contributed by atoms with Gasteiger partial charge in [0.2, 0.25) is 0 Å². The molecule has 2 rings (SSSR count). The van der Waals surface area contributed by atoms with Crippen molar-refractivity contribution in [2.24, 2.45) is 0 Å². The Hall–Kier alpha value is -3.59.